The van der Waals surface area contributed by atoms with E-state index in [-0.39, 0.29) is 19.1 Å². The Hall–Kier alpha value is -4.88. The molecular weight excluding hydrogens is 544 g/mol. The highest BCUT2D eigenvalue weighted by atomic mass is 16.2. The predicted octanol–water partition coefficient (Wildman–Crippen LogP) is 6.98. The number of urea groups is 1. The molecule has 5 rings (SSSR count). The lowest BCUT2D eigenvalue weighted by molar-refractivity contribution is -0.00232. The van der Waals surface area contributed by atoms with Crippen LogP contribution in [-0.2, 0) is 32.5 Å². The molecule has 0 aliphatic heterocycles. The Morgan fingerprint density at radius 3 is 1.50 bits per heavy atom. The molecule has 7 heteroatoms. The molecular formula is C37H40N6O. The van der Waals surface area contributed by atoms with Gasteiger partial charge in [0.1, 0.15) is 0 Å². The van der Waals surface area contributed by atoms with E-state index in [4.69, 9.17) is 1.37 Å². The Balaban J connectivity index is 1.50. The molecule has 3 aromatic heterocycles. The van der Waals surface area contributed by atoms with E-state index in [0.29, 0.717) is 19.6 Å². The first kappa shape index (κ1) is 29.2. The van der Waals surface area contributed by atoms with Crippen molar-refractivity contribution in [3.63, 3.8) is 0 Å². The zero-order valence-corrected chi connectivity index (χ0v) is 25.0. The third-order valence-electron chi connectivity index (χ3n) is 7.77. The number of aromatic nitrogens is 3. The maximum atomic E-state index is 15.0. The second-order valence-electron chi connectivity index (χ2n) is 10.9. The van der Waals surface area contributed by atoms with Gasteiger partial charge in [-0.3, -0.25) is 20.0 Å². The van der Waals surface area contributed by atoms with Crippen molar-refractivity contribution < 1.29 is 6.17 Å². The zero-order valence-electron chi connectivity index (χ0n) is 26.0. The van der Waals surface area contributed by atoms with Crippen LogP contribution in [0.15, 0.2) is 134 Å². The van der Waals surface area contributed by atoms with E-state index >= 15 is 0 Å². The quantitative estimate of drug-likeness (QED) is 0.132. The molecule has 2 aromatic carbocycles. The summed E-state index contributed by atoms with van der Waals surface area (Å²) in [4.78, 5) is 29.6. The fourth-order valence-corrected chi connectivity index (χ4v) is 5.33. The second-order valence-corrected chi connectivity index (χ2v) is 10.9. The van der Waals surface area contributed by atoms with Crippen molar-refractivity contribution in [2.75, 3.05) is 7.02 Å². The number of nitrogens with zero attached hydrogens (tertiary/aromatic N) is 6. The molecule has 0 bridgehead atoms. The molecule has 3 heterocycles. The van der Waals surface area contributed by atoms with Crippen LogP contribution in [0.5, 0.6) is 0 Å². The lowest BCUT2D eigenvalue weighted by Gasteiger charge is -2.40. The van der Waals surface area contributed by atoms with Gasteiger partial charge in [-0.05, 0) is 89.9 Å². The number of hydrogen-bond donors (Lipinski definition) is 0. The van der Waals surface area contributed by atoms with E-state index in [1.165, 1.54) is 11.1 Å². The van der Waals surface area contributed by atoms with Crippen LogP contribution in [0.25, 0.3) is 0 Å². The van der Waals surface area contributed by atoms with E-state index < -0.39 is 0 Å². The Morgan fingerprint density at radius 2 is 1.02 bits per heavy atom. The summed E-state index contributed by atoms with van der Waals surface area (Å²) < 4.78 is 8.55. The molecule has 0 saturated carbocycles. The van der Waals surface area contributed by atoms with Gasteiger partial charge in [0.2, 0.25) is 0 Å². The second kappa shape index (κ2) is 16.1. The molecule has 0 radical (unpaired) electrons. The minimum atomic E-state index is -0.117. The summed E-state index contributed by atoms with van der Waals surface area (Å²) in [5, 5.41) is 3.61. The molecule has 0 unspecified atom stereocenters. The van der Waals surface area contributed by atoms with Crippen molar-refractivity contribution in [1.29, 1.82) is 0 Å². The Kier molecular flexibility index (Phi) is 10.7. The number of aryl methyl sites for hydroxylation is 2. The number of carbonyl (C=O) groups excluding carboxylic acids is 1. The number of hydrogen-bond acceptors (Lipinski definition) is 5. The first-order valence-corrected chi connectivity index (χ1v) is 15.1. The Morgan fingerprint density at radius 1 is 0.591 bits per heavy atom. The largest absolute Gasteiger partial charge is 0.335 e. The first-order valence-electron chi connectivity index (χ1n) is 15.8. The predicted molar refractivity (Wildman–Crippen MR) is 174 cm³/mol. The Bertz CT molecular complexity index is 1500. The topological polar surface area (TPSA) is 65.5 Å². The maximum Gasteiger partial charge on any atom is 0.335 e. The van der Waals surface area contributed by atoms with E-state index in [2.05, 4.69) is 15.0 Å². The highest BCUT2D eigenvalue weighted by molar-refractivity contribution is 5.74. The molecule has 0 atom stereocenters. The molecule has 0 fully saturated rings. The zero-order chi connectivity index (χ0) is 31.1. The maximum absolute atomic E-state index is 15.0. The number of amides is 2. The van der Waals surface area contributed by atoms with Crippen LogP contribution in [-0.4, -0.2) is 49.0 Å². The fraction of sp³-hybridized carbons (Fsp3) is 0.243. The number of benzene rings is 2. The molecule has 44 heavy (non-hydrogen) atoms. The van der Waals surface area contributed by atoms with Crippen molar-refractivity contribution in [3.05, 3.63) is 162 Å². The van der Waals surface area contributed by atoms with Crippen LogP contribution in [0.2, 0.25) is 0 Å². The van der Waals surface area contributed by atoms with Gasteiger partial charge in [0.25, 0.3) is 0 Å². The molecule has 7 nitrogen and oxygen atoms in total. The van der Waals surface area contributed by atoms with Crippen molar-refractivity contribution in [1.82, 2.24) is 29.9 Å². The summed E-state index contributed by atoms with van der Waals surface area (Å²) in [5.41, 5.74) is 5.44. The van der Waals surface area contributed by atoms with Crippen LogP contribution in [0, 0.1) is 0 Å². The van der Waals surface area contributed by atoms with Gasteiger partial charge >= 0.3 is 6.03 Å². The highest BCUT2D eigenvalue weighted by Gasteiger charge is 2.30. The van der Waals surface area contributed by atoms with Gasteiger partial charge in [0.05, 0.1) is 6.54 Å². The molecule has 0 aliphatic rings. The molecule has 0 N–H and O–H groups in total. The fourth-order valence-electron chi connectivity index (χ4n) is 5.33. The monoisotopic (exact) mass is 585 g/mol. The summed E-state index contributed by atoms with van der Waals surface area (Å²) in [6, 6.07) is 32.0. The van der Waals surface area contributed by atoms with Crippen LogP contribution in [0.1, 0.15) is 42.0 Å². The van der Waals surface area contributed by atoms with Gasteiger partial charge in [-0.15, -0.1) is 0 Å². The first-order chi connectivity index (χ1) is 22.2. The van der Waals surface area contributed by atoms with Gasteiger partial charge in [0.15, 0.2) is 0 Å². The molecule has 5 aromatic rings. The van der Waals surface area contributed by atoms with Crippen molar-refractivity contribution in [2.24, 2.45) is 0 Å². The molecule has 0 spiro atoms. The minimum absolute atomic E-state index is 0.0603. The van der Waals surface area contributed by atoms with Gasteiger partial charge < -0.3 is 4.90 Å². The van der Waals surface area contributed by atoms with Crippen LogP contribution < -0.4 is 0 Å². The summed E-state index contributed by atoms with van der Waals surface area (Å²) in [6.45, 7) is 1.24. The van der Waals surface area contributed by atoms with Crippen LogP contribution >= 0.6 is 0 Å². The van der Waals surface area contributed by atoms with Gasteiger partial charge in [-0.1, -0.05) is 60.7 Å². The van der Waals surface area contributed by atoms with Crippen molar-refractivity contribution in [3.8, 4) is 0 Å². The summed E-state index contributed by atoms with van der Waals surface area (Å²) in [7, 11) is -0.0603. The standard InChI is InChI=1S/C37H40N6O/c1-41(28-33-8-4-2-5-9-33)43(30-34-10-6-3-7-11-34)37(44)42(29-35-20-26-40-27-21-35)36(14-12-31-16-22-38-23-17-31)15-13-32-18-24-39-25-19-32/h2-11,16-27,36H,12-15,28-30H2,1H3/i1D. The van der Waals surface area contributed by atoms with E-state index in [1.54, 1.807) is 17.4 Å². The van der Waals surface area contributed by atoms with Gasteiger partial charge in [0, 0.05) is 64.7 Å². The van der Waals surface area contributed by atoms with Crippen LogP contribution in [0.4, 0.5) is 4.79 Å². The van der Waals surface area contributed by atoms with Crippen molar-refractivity contribution >= 4 is 6.03 Å². The molecule has 2 amide bonds. The van der Waals surface area contributed by atoms with Gasteiger partial charge in [-0.25, -0.2) is 9.80 Å². The van der Waals surface area contributed by atoms with Crippen molar-refractivity contribution in [2.45, 2.75) is 51.4 Å². The highest BCUT2D eigenvalue weighted by Crippen LogP contribution is 2.23. The number of pyridine rings is 3. The average Bonchev–Trinajstić information content (AvgIpc) is 3.11. The summed E-state index contributed by atoms with van der Waals surface area (Å²) >= 11 is 0. The third-order valence-corrected chi connectivity index (χ3v) is 7.77. The van der Waals surface area contributed by atoms with E-state index in [0.717, 1.165) is 42.4 Å². The van der Waals surface area contributed by atoms with E-state index in [9.17, 15) is 4.79 Å². The minimum Gasteiger partial charge on any atom is -0.316 e. The molecule has 0 saturated heterocycles. The lowest BCUT2D eigenvalue weighted by atomic mass is 9.98. The normalized spacial score (nSPS) is 11.4. The van der Waals surface area contributed by atoms with Crippen LogP contribution in [0.3, 0.4) is 0 Å². The molecule has 0 aliphatic carbocycles. The lowest BCUT2D eigenvalue weighted by Crippen LogP contribution is -2.53. The van der Waals surface area contributed by atoms with Gasteiger partial charge in [-0.2, -0.15) is 0 Å². The number of rotatable bonds is 14. The average molecular weight is 586 g/mol. The van der Waals surface area contributed by atoms with E-state index in [1.807, 2.05) is 132 Å². The SMILES string of the molecule is [2H]CN(Cc1ccccc1)N(Cc1ccccc1)C(=O)N(Cc1ccncc1)C(CCc1ccncc1)CCc1ccncc1. The smallest absolute Gasteiger partial charge is 0.316 e. The molecule has 224 valence electrons. The number of carbonyl (C=O) groups is 1. The summed E-state index contributed by atoms with van der Waals surface area (Å²) in [5.74, 6) is 0. The third kappa shape index (κ3) is 9.06. The summed E-state index contributed by atoms with van der Waals surface area (Å²) in [6.07, 6.45) is 14.0. The number of hydrazine groups is 1. The Labute approximate surface area is 262 Å².